The molecule has 11 heavy (non-hydrogen) atoms. The van der Waals surface area contributed by atoms with E-state index in [9.17, 15) is 0 Å². The predicted molar refractivity (Wildman–Crippen MR) is 56.4 cm³/mol. The van der Waals surface area contributed by atoms with Crippen LogP contribution in [0.25, 0.3) is 0 Å². The molecule has 66 valence electrons. The summed E-state index contributed by atoms with van der Waals surface area (Å²) < 4.78 is 0. The maximum atomic E-state index is 5.90. The molecular formula is C8H17NS2. The molecule has 0 spiro atoms. The molecule has 1 fully saturated rings. The van der Waals surface area contributed by atoms with Crippen molar-refractivity contribution >= 4 is 23.5 Å². The van der Waals surface area contributed by atoms with E-state index < -0.39 is 0 Å². The van der Waals surface area contributed by atoms with Crippen LogP contribution in [0.3, 0.4) is 0 Å². The fourth-order valence-electron chi connectivity index (χ4n) is 1.43. The van der Waals surface area contributed by atoms with Gasteiger partial charge < -0.3 is 5.73 Å². The van der Waals surface area contributed by atoms with E-state index in [-0.39, 0.29) is 0 Å². The van der Waals surface area contributed by atoms with Gasteiger partial charge in [0.15, 0.2) is 0 Å². The molecule has 0 saturated carbocycles. The lowest BCUT2D eigenvalue weighted by atomic mass is 10.1. The second-order valence-electron chi connectivity index (χ2n) is 3.01. The largest absolute Gasteiger partial charge is 0.327 e. The molecule has 2 N–H and O–H groups in total. The van der Waals surface area contributed by atoms with Crippen LogP contribution in [0.1, 0.15) is 20.3 Å². The van der Waals surface area contributed by atoms with Crippen LogP contribution >= 0.6 is 23.5 Å². The second-order valence-corrected chi connectivity index (χ2v) is 5.65. The number of rotatable bonds is 2. The first kappa shape index (κ1) is 9.75. The van der Waals surface area contributed by atoms with Gasteiger partial charge in [-0.3, -0.25) is 0 Å². The van der Waals surface area contributed by atoms with Crippen molar-refractivity contribution in [3.05, 3.63) is 0 Å². The van der Waals surface area contributed by atoms with Crippen LogP contribution in [0.4, 0.5) is 0 Å². The lowest BCUT2D eigenvalue weighted by Crippen LogP contribution is -2.39. The van der Waals surface area contributed by atoms with Gasteiger partial charge in [-0.25, -0.2) is 0 Å². The number of thioether (sulfide) groups is 2. The second kappa shape index (κ2) is 4.63. The lowest BCUT2D eigenvalue weighted by Gasteiger charge is -2.32. The summed E-state index contributed by atoms with van der Waals surface area (Å²) in [7, 11) is 0. The predicted octanol–water partition coefficient (Wildman–Crippen LogP) is 1.96. The minimum Gasteiger partial charge on any atom is -0.327 e. The van der Waals surface area contributed by atoms with Crippen LogP contribution in [0.5, 0.6) is 0 Å². The highest BCUT2D eigenvalue weighted by Gasteiger charge is 2.27. The van der Waals surface area contributed by atoms with Gasteiger partial charge in [-0.15, -0.1) is 0 Å². The minimum atomic E-state index is 0.359. The van der Waals surface area contributed by atoms with Gasteiger partial charge in [0.25, 0.3) is 0 Å². The lowest BCUT2D eigenvalue weighted by molar-refractivity contribution is 0.643. The minimum absolute atomic E-state index is 0.359. The monoisotopic (exact) mass is 191 g/mol. The summed E-state index contributed by atoms with van der Waals surface area (Å²) in [6.07, 6.45) is 1.27. The Morgan fingerprint density at radius 2 is 2.09 bits per heavy atom. The Morgan fingerprint density at radius 3 is 2.55 bits per heavy atom. The van der Waals surface area contributed by atoms with E-state index in [1.807, 2.05) is 0 Å². The standard InChI is InChI=1S/C8H17NS2/c1-3-7-8(6(2)9)11-5-4-10-7/h6-8H,3-5,9H2,1-2H3. The van der Waals surface area contributed by atoms with Gasteiger partial charge >= 0.3 is 0 Å². The van der Waals surface area contributed by atoms with Gasteiger partial charge in [-0.05, 0) is 13.3 Å². The number of hydrogen-bond acceptors (Lipinski definition) is 3. The van der Waals surface area contributed by atoms with Crippen molar-refractivity contribution in [1.82, 2.24) is 0 Å². The quantitative estimate of drug-likeness (QED) is 0.722. The molecule has 3 heteroatoms. The normalized spacial score (nSPS) is 35.2. The van der Waals surface area contributed by atoms with Gasteiger partial charge in [0.1, 0.15) is 0 Å². The molecule has 1 aliphatic rings. The van der Waals surface area contributed by atoms with Crippen LogP contribution < -0.4 is 5.73 Å². The van der Waals surface area contributed by atoms with Gasteiger partial charge in [-0.1, -0.05) is 6.92 Å². The molecule has 0 aromatic carbocycles. The van der Waals surface area contributed by atoms with E-state index in [0.29, 0.717) is 11.3 Å². The van der Waals surface area contributed by atoms with Crippen LogP contribution in [0.2, 0.25) is 0 Å². The third kappa shape index (κ3) is 2.56. The van der Waals surface area contributed by atoms with Crippen LogP contribution in [-0.2, 0) is 0 Å². The zero-order chi connectivity index (χ0) is 8.27. The fraction of sp³-hybridized carbons (Fsp3) is 1.00. The van der Waals surface area contributed by atoms with Gasteiger partial charge in [0.2, 0.25) is 0 Å². The summed E-state index contributed by atoms with van der Waals surface area (Å²) in [5, 5.41) is 1.49. The van der Waals surface area contributed by atoms with E-state index in [1.165, 1.54) is 17.9 Å². The molecular weight excluding hydrogens is 174 g/mol. The third-order valence-electron chi connectivity index (χ3n) is 2.01. The van der Waals surface area contributed by atoms with Crippen LogP contribution in [0, 0.1) is 0 Å². The van der Waals surface area contributed by atoms with E-state index >= 15 is 0 Å². The Kier molecular flexibility index (Phi) is 4.10. The molecule has 0 bridgehead atoms. The molecule has 1 heterocycles. The Bertz CT molecular complexity index is 117. The summed E-state index contributed by atoms with van der Waals surface area (Å²) in [5.74, 6) is 2.60. The molecule has 1 saturated heterocycles. The average Bonchev–Trinajstić information content (AvgIpc) is 2.04. The van der Waals surface area contributed by atoms with E-state index in [0.717, 1.165) is 5.25 Å². The van der Waals surface area contributed by atoms with Crippen molar-refractivity contribution in [2.45, 2.75) is 36.8 Å². The van der Waals surface area contributed by atoms with Crippen molar-refractivity contribution in [1.29, 1.82) is 0 Å². The SMILES string of the molecule is CCC1SCCSC1C(C)N. The van der Waals surface area contributed by atoms with Crippen molar-refractivity contribution in [3.63, 3.8) is 0 Å². The Morgan fingerprint density at radius 1 is 1.45 bits per heavy atom. The van der Waals surface area contributed by atoms with Crippen molar-refractivity contribution < 1.29 is 0 Å². The van der Waals surface area contributed by atoms with Crippen molar-refractivity contribution in [2.24, 2.45) is 5.73 Å². The first-order valence-corrected chi connectivity index (χ1v) is 6.34. The van der Waals surface area contributed by atoms with Crippen molar-refractivity contribution in [3.8, 4) is 0 Å². The Labute approximate surface area is 77.9 Å². The molecule has 3 atom stereocenters. The zero-order valence-corrected chi connectivity index (χ0v) is 8.88. The highest BCUT2D eigenvalue weighted by Crippen LogP contribution is 2.34. The maximum Gasteiger partial charge on any atom is 0.0315 e. The first-order chi connectivity index (χ1) is 5.25. The Hall–Kier alpha value is 0.660. The van der Waals surface area contributed by atoms with E-state index in [2.05, 4.69) is 37.4 Å². The molecule has 1 aliphatic heterocycles. The summed E-state index contributed by atoms with van der Waals surface area (Å²) in [4.78, 5) is 0. The van der Waals surface area contributed by atoms with Crippen molar-refractivity contribution in [2.75, 3.05) is 11.5 Å². The fourth-order valence-corrected chi connectivity index (χ4v) is 4.63. The molecule has 0 aromatic rings. The third-order valence-corrected chi connectivity index (χ3v) is 5.52. The Balaban J connectivity index is 2.44. The molecule has 0 aromatic heterocycles. The molecule has 0 amide bonds. The molecule has 0 aliphatic carbocycles. The van der Waals surface area contributed by atoms with Gasteiger partial charge in [0, 0.05) is 28.0 Å². The number of nitrogens with two attached hydrogens (primary N) is 1. The summed E-state index contributed by atoms with van der Waals surface area (Å²) in [6.45, 7) is 4.39. The van der Waals surface area contributed by atoms with E-state index in [1.54, 1.807) is 0 Å². The molecule has 3 unspecified atom stereocenters. The summed E-state index contributed by atoms with van der Waals surface area (Å²) >= 11 is 4.16. The van der Waals surface area contributed by atoms with Crippen LogP contribution in [0.15, 0.2) is 0 Å². The topological polar surface area (TPSA) is 26.0 Å². The van der Waals surface area contributed by atoms with Gasteiger partial charge in [-0.2, -0.15) is 23.5 Å². The maximum absolute atomic E-state index is 5.90. The number of hydrogen-bond donors (Lipinski definition) is 1. The van der Waals surface area contributed by atoms with E-state index in [4.69, 9.17) is 5.73 Å². The highest BCUT2D eigenvalue weighted by atomic mass is 32.2. The first-order valence-electron chi connectivity index (χ1n) is 4.24. The zero-order valence-electron chi connectivity index (χ0n) is 7.25. The summed E-state index contributed by atoms with van der Waals surface area (Å²) in [5.41, 5.74) is 5.90. The summed E-state index contributed by atoms with van der Waals surface area (Å²) in [6, 6.07) is 0.359. The molecule has 0 radical (unpaired) electrons. The van der Waals surface area contributed by atoms with Crippen LogP contribution in [-0.4, -0.2) is 28.0 Å². The average molecular weight is 191 g/mol. The van der Waals surface area contributed by atoms with Gasteiger partial charge in [0.05, 0.1) is 0 Å². The molecule has 1 nitrogen and oxygen atoms in total. The highest BCUT2D eigenvalue weighted by molar-refractivity contribution is 8.07. The molecule has 1 rings (SSSR count). The smallest absolute Gasteiger partial charge is 0.0315 e.